The highest BCUT2D eigenvalue weighted by Gasteiger charge is 2.24. The normalized spacial score (nSPS) is 15.0. The van der Waals surface area contributed by atoms with E-state index in [-0.39, 0.29) is 11.4 Å². The monoisotopic (exact) mass is 366 g/mol. The Kier molecular flexibility index (Phi) is 5.48. The molecule has 25 heavy (non-hydrogen) atoms. The highest BCUT2D eigenvalue weighted by atomic mass is 32.2. The van der Waals surface area contributed by atoms with Crippen LogP contribution in [0.15, 0.2) is 35.4 Å². The molecule has 0 N–H and O–H groups in total. The Morgan fingerprint density at radius 3 is 2.64 bits per heavy atom. The fourth-order valence-electron chi connectivity index (χ4n) is 2.69. The first kappa shape index (κ1) is 18.0. The molecule has 1 aromatic heterocycles. The number of sulfonamides is 1. The van der Waals surface area contributed by atoms with Gasteiger partial charge in [0.15, 0.2) is 0 Å². The fourth-order valence-corrected chi connectivity index (χ4v) is 3.83. The second-order valence-corrected chi connectivity index (χ2v) is 8.61. The maximum Gasteiger partial charge on any atom is 0.243 e. The summed E-state index contributed by atoms with van der Waals surface area (Å²) in [7, 11) is -2.06. The van der Waals surface area contributed by atoms with Crippen molar-refractivity contribution >= 4 is 10.0 Å². The third kappa shape index (κ3) is 4.64. The lowest BCUT2D eigenvalue weighted by Crippen LogP contribution is -2.26. The number of nitrogens with zero attached hydrogens (tertiary/aromatic N) is 4. The van der Waals surface area contributed by atoms with Gasteiger partial charge in [-0.3, -0.25) is 9.07 Å². The summed E-state index contributed by atoms with van der Waals surface area (Å²) in [5, 5.41) is 7.84. The van der Waals surface area contributed by atoms with Gasteiger partial charge in [-0.2, -0.15) is 4.31 Å². The summed E-state index contributed by atoms with van der Waals surface area (Å²) in [5.74, 6) is 0.769. The summed E-state index contributed by atoms with van der Waals surface area (Å²) >= 11 is 0. The van der Waals surface area contributed by atoms with E-state index in [0.717, 1.165) is 12.3 Å². The Hall–Kier alpha value is -1.80. The molecule has 0 spiro atoms. The van der Waals surface area contributed by atoms with Crippen LogP contribution in [0.1, 0.15) is 30.5 Å². The number of halogens is 1. The summed E-state index contributed by atoms with van der Waals surface area (Å²) in [5.41, 5.74) is 1.72. The Morgan fingerprint density at radius 1 is 1.28 bits per heavy atom. The lowest BCUT2D eigenvalue weighted by Gasteiger charge is -2.16. The minimum atomic E-state index is -3.58. The fraction of sp³-hybridized carbons (Fsp3) is 0.529. The zero-order valence-corrected chi connectivity index (χ0v) is 15.1. The van der Waals surface area contributed by atoms with E-state index in [0.29, 0.717) is 18.7 Å². The van der Waals surface area contributed by atoms with Crippen LogP contribution in [-0.2, 0) is 29.5 Å². The lowest BCUT2D eigenvalue weighted by molar-refractivity contribution is 0.431. The molecule has 3 rings (SSSR count). The van der Waals surface area contributed by atoms with Gasteiger partial charge >= 0.3 is 0 Å². The molecule has 0 bridgehead atoms. The maximum absolute atomic E-state index is 12.7. The average molecular weight is 366 g/mol. The van der Waals surface area contributed by atoms with Crippen molar-refractivity contribution in [2.24, 2.45) is 5.92 Å². The molecule has 1 aromatic carbocycles. The predicted molar refractivity (Wildman–Crippen MR) is 92.1 cm³/mol. The summed E-state index contributed by atoms with van der Waals surface area (Å²) in [6.07, 6.45) is 5.59. The third-order valence-corrected chi connectivity index (χ3v) is 6.16. The van der Waals surface area contributed by atoms with Crippen molar-refractivity contribution in [3.8, 4) is 0 Å². The number of benzene rings is 1. The van der Waals surface area contributed by atoms with Gasteiger partial charge in [0, 0.05) is 19.8 Å². The molecule has 8 heteroatoms. The molecule has 1 aliphatic carbocycles. The van der Waals surface area contributed by atoms with Crippen molar-refractivity contribution < 1.29 is 12.8 Å². The summed E-state index contributed by atoms with van der Waals surface area (Å²) in [6.45, 7) is 0.143. The Balaban J connectivity index is 1.64. The number of alkyl halides is 1. The van der Waals surface area contributed by atoms with Crippen LogP contribution in [0, 0.1) is 5.92 Å². The zero-order chi connectivity index (χ0) is 17.9. The smallest absolute Gasteiger partial charge is 0.243 e. The third-order valence-electron chi connectivity index (χ3n) is 4.34. The summed E-state index contributed by atoms with van der Waals surface area (Å²) < 4.78 is 40.3. The molecule has 0 saturated heterocycles. The molecular formula is C17H23FN4O2S. The van der Waals surface area contributed by atoms with Gasteiger partial charge in [0.2, 0.25) is 10.0 Å². The van der Waals surface area contributed by atoms with E-state index in [1.165, 1.54) is 34.4 Å². The van der Waals surface area contributed by atoms with Crippen LogP contribution in [0.5, 0.6) is 0 Å². The van der Waals surface area contributed by atoms with Gasteiger partial charge in [-0.15, -0.1) is 5.10 Å². The molecule has 2 aromatic rings. The molecule has 6 nitrogen and oxygen atoms in total. The summed E-state index contributed by atoms with van der Waals surface area (Å²) in [6, 6.07) is 7.13. The molecule has 0 amide bonds. The van der Waals surface area contributed by atoms with Crippen LogP contribution in [0.3, 0.4) is 0 Å². The van der Waals surface area contributed by atoms with Crippen LogP contribution in [0.4, 0.5) is 4.39 Å². The van der Waals surface area contributed by atoms with Gasteiger partial charge in [0.25, 0.3) is 0 Å². The largest absolute Gasteiger partial charge is 0.252 e. The number of rotatable bonds is 9. The minimum absolute atomic E-state index is 0.127. The molecule has 0 atom stereocenters. The van der Waals surface area contributed by atoms with Crippen LogP contribution in [0.25, 0.3) is 0 Å². The standard InChI is InChI=1S/C17H23FN4O2S/c1-21(12-16-13-22(20-19-16)10-2-9-18)25(23,24)17-7-5-15(6-8-17)11-14-3-4-14/h5-8,13-14H,2-4,9-12H2,1H3. The van der Waals surface area contributed by atoms with E-state index in [9.17, 15) is 12.8 Å². The molecular weight excluding hydrogens is 343 g/mol. The van der Waals surface area contributed by atoms with Gasteiger partial charge in [0.1, 0.15) is 0 Å². The first-order valence-electron chi connectivity index (χ1n) is 8.49. The number of hydrogen-bond donors (Lipinski definition) is 0. The van der Waals surface area contributed by atoms with Gasteiger partial charge in [0.05, 0.1) is 23.8 Å². The van der Waals surface area contributed by atoms with E-state index < -0.39 is 16.7 Å². The van der Waals surface area contributed by atoms with Gasteiger partial charge in [-0.05, 0) is 49.3 Å². The van der Waals surface area contributed by atoms with Gasteiger partial charge in [-0.1, -0.05) is 17.3 Å². The number of hydrogen-bond acceptors (Lipinski definition) is 4. The second kappa shape index (κ2) is 7.61. The lowest BCUT2D eigenvalue weighted by atomic mass is 10.1. The number of aromatic nitrogens is 3. The van der Waals surface area contributed by atoms with E-state index in [1.54, 1.807) is 18.3 Å². The Labute approximate surface area is 147 Å². The quantitative estimate of drug-likeness (QED) is 0.683. The van der Waals surface area contributed by atoms with E-state index in [2.05, 4.69) is 10.3 Å². The van der Waals surface area contributed by atoms with Crippen LogP contribution >= 0.6 is 0 Å². The van der Waals surface area contributed by atoms with E-state index in [4.69, 9.17) is 0 Å². The molecule has 1 heterocycles. The molecule has 0 aliphatic heterocycles. The Morgan fingerprint density at radius 2 is 2.00 bits per heavy atom. The topological polar surface area (TPSA) is 68.1 Å². The molecule has 1 saturated carbocycles. The molecule has 0 unspecified atom stereocenters. The van der Waals surface area contributed by atoms with E-state index >= 15 is 0 Å². The first-order chi connectivity index (χ1) is 12.0. The van der Waals surface area contributed by atoms with Crippen LogP contribution in [0.2, 0.25) is 0 Å². The summed E-state index contributed by atoms with van der Waals surface area (Å²) in [4.78, 5) is 0.277. The van der Waals surface area contributed by atoms with Gasteiger partial charge in [-0.25, -0.2) is 8.42 Å². The van der Waals surface area contributed by atoms with E-state index in [1.807, 2.05) is 12.1 Å². The molecule has 1 aliphatic rings. The van der Waals surface area contributed by atoms with Crippen molar-refractivity contribution in [1.82, 2.24) is 19.3 Å². The van der Waals surface area contributed by atoms with Crippen molar-refractivity contribution in [3.63, 3.8) is 0 Å². The SMILES string of the molecule is CN(Cc1cn(CCCF)nn1)S(=O)(=O)c1ccc(CC2CC2)cc1. The number of aryl methyl sites for hydroxylation is 1. The highest BCUT2D eigenvalue weighted by molar-refractivity contribution is 7.89. The van der Waals surface area contributed by atoms with Crippen molar-refractivity contribution in [3.05, 3.63) is 41.7 Å². The molecule has 1 fully saturated rings. The van der Waals surface area contributed by atoms with Crippen LogP contribution in [-0.4, -0.2) is 41.4 Å². The van der Waals surface area contributed by atoms with Crippen molar-refractivity contribution in [1.29, 1.82) is 0 Å². The predicted octanol–water partition coefficient (Wildman–Crippen LogP) is 2.41. The Bertz CT molecular complexity index is 800. The zero-order valence-electron chi connectivity index (χ0n) is 14.3. The molecule has 0 radical (unpaired) electrons. The molecule has 136 valence electrons. The second-order valence-electron chi connectivity index (χ2n) is 6.57. The van der Waals surface area contributed by atoms with Crippen LogP contribution < -0.4 is 0 Å². The van der Waals surface area contributed by atoms with Crippen molar-refractivity contribution in [2.45, 2.75) is 43.7 Å². The first-order valence-corrected chi connectivity index (χ1v) is 9.93. The van der Waals surface area contributed by atoms with Gasteiger partial charge < -0.3 is 0 Å². The van der Waals surface area contributed by atoms with Crippen molar-refractivity contribution in [2.75, 3.05) is 13.7 Å². The minimum Gasteiger partial charge on any atom is -0.252 e. The average Bonchev–Trinajstić information content (AvgIpc) is 3.30. The highest BCUT2D eigenvalue weighted by Crippen LogP contribution is 2.32. The maximum atomic E-state index is 12.7.